The first kappa shape index (κ1) is 26.5. The predicted octanol–water partition coefficient (Wildman–Crippen LogP) is 6.01. The number of carbonyl (C=O) groups excluding carboxylic acids is 2. The summed E-state index contributed by atoms with van der Waals surface area (Å²) in [5.41, 5.74) is 0.708. The van der Waals surface area contributed by atoms with Crippen molar-refractivity contribution in [3.8, 4) is 0 Å². The minimum absolute atomic E-state index is 0.0298. The van der Waals surface area contributed by atoms with Crippen LogP contribution in [-0.4, -0.2) is 36.2 Å². The van der Waals surface area contributed by atoms with E-state index in [0.717, 1.165) is 43.4 Å². The monoisotopic (exact) mass is 490 g/mol. The fourth-order valence-corrected chi connectivity index (χ4v) is 9.40. The third kappa shape index (κ3) is 5.13. The molecule has 0 aliphatic heterocycles. The molecule has 198 valence electrons. The predicted molar refractivity (Wildman–Crippen MR) is 132 cm³/mol. The third-order valence-corrected chi connectivity index (χ3v) is 11.3. The molecule has 4 saturated carbocycles. The highest BCUT2D eigenvalue weighted by Crippen LogP contribution is 2.68. The Bertz CT molecular complexity index is 809. The number of ether oxygens (including phenoxy) is 2. The van der Waals surface area contributed by atoms with E-state index in [2.05, 4.69) is 20.8 Å². The Morgan fingerprint density at radius 1 is 0.886 bits per heavy atom. The van der Waals surface area contributed by atoms with Crippen molar-refractivity contribution in [2.45, 2.75) is 110 Å². The molecule has 0 aromatic heterocycles. The summed E-state index contributed by atoms with van der Waals surface area (Å²) in [7, 11) is 1.48. The van der Waals surface area contributed by atoms with E-state index in [-0.39, 0.29) is 30.9 Å². The summed E-state index contributed by atoms with van der Waals surface area (Å²) in [6, 6.07) is 0. The SMILES string of the molecule is COC(=O)CC[C@@H](C)[C@H]1CC[C@H]2[C@@H]3CC[C@@H]4C[C@H](OC(=O)CCC(=O)O)CC[C@]4(C)[C@H]3CC[C@]12C. The van der Waals surface area contributed by atoms with E-state index in [1.54, 1.807) is 0 Å². The van der Waals surface area contributed by atoms with Crippen LogP contribution in [0.15, 0.2) is 0 Å². The number of hydrogen-bond donors (Lipinski definition) is 1. The number of rotatable bonds is 8. The van der Waals surface area contributed by atoms with Gasteiger partial charge in [0.1, 0.15) is 6.10 Å². The lowest BCUT2D eigenvalue weighted by Crippen LogP contribution is -2.54. The molecule has 4 fully saturated rings. The fraction of sp³-hybridized carbons (Fsp3) is 0.897. The van der Waals surface area contributed by atoms with Gasteiger partial charge in [-0.2, -0.15) is 0 Å². The summed E-state index contributed by atoms with van der Waals surface area (Å²) < 4.78 is 10.6. The summed E-state index contributed by atoms with van der Waals surface area (Å²) in [6.45, 7) is 7.43. The van der Waals surface area contributed by atoms with Gasteiger partial charge in [-0.3, -0.25) is 14.4 Å². The normalized spacial score (nSPS) is 41.1. The van der Waals surface area contributed by atoms with Crippen molar-refractivity contribution >= 4 is 17.9 Å². The van der Waals surface area contributed by atoms with Crippen molar-refractivity contribution < 1.29 is 29.0 Å². The van der Waals surface area contributed by atoms with Crippen LogP contribution in [0.1, 0.15) is 104 Å². The van der Waals surface area contributed by atoms with Crippen molar-refractivity contribution in [2.24, 2.45) is 46.3 Å². The summed E-state index contributed by atoms with van der Waals surface area (Å²) in [5, 5.41) is 8.83. The standard InChI is InChI=1S/C29H46O6/c1-18(5-11-26(32)34-4)22-8-9-23-21-7-6-19-17-20(35-27(33)12-10-25(30)31)13-15-28(19,2)24(21)14-16-29(22,23)3/h18-24H,5-17H2,1-4H3,(H,30,31)/t18-,19-,20-,21+,22-,23+,24+,28+,29-/m1/s1. The smallest absolute Gasteiger partial charge is 0.306 e. The molecule has 4 aliphatic carbocycles. The zero-order valence-corrected chi connectivity index (χ0v) is 22.2. The van der Waals surface area contributed by atoms with Gasteiger partial charge in [0.05, 0.1) is 20.0 Å². The average Bonchev–Trinajstić information content (AvgIpc) is 3.18. The molecule has 0 spiro atoms. The topological polar surface area (TPSA) is 89.9 Å². The lowest BCUT2D eigenvalue weighted by molar-refractivity contribution is -0.164. The van der Waals surface area contributed by atoms with Gasteiger partial charge in [0.25, 0.3) is 0 Å². The molecule has 0 heterocycles. The minimum atomic E-state index is -0.951. The van der Waals surface area contributed by atoms with Gasteiger partial charge in [-0.15, -0.1) is 0 Å². The number of carbonyl (C=O) groups is 3. The van der Waals surface area contributed by atoms with E-state index in [0.29, 0.717) is 35.0 Å². The molecule has 6 heteroatoms. The second-order valence-corrected chi connectivity index (χ2v) is 12.8. The summed E-state index contributed by atoms with van der Waals surface area (Å²) in [5.74, 6) is 2.79. The Kier molecular flexibility index (Phi) is 7.88. The molecule has 0 aromatic rings. The van der Waals surface area contributed by atoms with Crippen LogP contribution in [0, 0.1) is 46.3 Å². The Balaban J connectivity index is 1.38. The van der Waals surface area contributed by atoms with Gasteiger partial charge in [-0.1, -0.05) is 20.8 Å². The number of carboxylic acids is 1. The fourth-order valence-electron chi connectivity index (χ4n) is 9.40. The van der Waals surface area contributed by atoms with Crippen molar-refractivity contribution in [1.29, 1.82) is 0 Å². The Labute approximate surface area is 210 Å². The minimum Gasteiger partial charge on any atom is -0.481 e. The number of fused-ring (bicyclic) bond motifs is 5. The second kappa shape index (κ2) is 10.4. The van der Waals surface area contributed by atoms with Gasteiger partial charge in [0, 0.05) is 6.42 Å². The number of methoxy groups -OCH3 is 1. The van der Waals surface area contributed by atoms with Gasteiger partial charge in [0.2, 0.25) is 0 Å². The second-order valence-electron chi connectivity index (χ2n) is 12.8. The van der Waals surface area contributed by atoms with Crippen molar-refractivity contribution in [3.63, 3.8) is 0 Å². The van der Waals surface area contributed by atoms with E-state index in [1.165, 1.54) is 45.6 Å². The van der Waals surface area contributed by atoms with Crippen LogP contribution in [-0.2, 0) is 23.9 Å². The van der Waals surface area contributed by atoms with Crippen LogP contribution >= 0.6 is 0 Å². The Morgan fingerprint density at radius 3 is 2.31 bits per heavy atom. The summed E-state index contributed by atoms with van der Waals surface area (Å²) >= 11 is 0. The van der Waals surface area contributed by atoms with E-state index in [9.17, 15) is 14.4 Å². The number of hydrogen-bond acceptors (Lipinski definition) is 5. The van der Waals surface area contributed by atoms with Gasteiger partial charge in [-0.05, 0) is 111 Å². The zero-order valence-electron chi connectivity index (χ0n) is 22.2. The molecule has 9 atom stereocenters. The van der Waals surface area contributed by atoms with Crippen molar-refractivity contribution in [1.82, 2.24) is 0 Å². The highest BCUT2D eigenvalue weighted by Gasteiger charge is 2.60. The number of aliphatic carboxylic acids is 1. The quantitative estimate of drug-likeness (QED) is 0.419. The summed E-state index contributed by atoms with van der Waals surface area (Å²) in [6.07, 6.45) is 11.9. The van der Waals surface area contributed by atoms with Crippen molar-refractivity contribution in [2.75, 3.05) is 7.11 Å². The maximum Gasteiger partial charge on any atom is 0.306 e. The van der Waals surface area contributed by atoms with E-state index in [4.69, 9.17) is 14.6 Å². The number of carboxylic acid groups (broad SMARTS) is 1. The van der Waals surface area contributed by atoms with Crippen LogP contribution in [0.4, 0.5) is 0 Å². The molecule has 0 aromatic carbocycles. The van der Waals surface area contributed by atoms with Gasteiger partial charge < -0.3 is 14.6 Å². The molecule has 0 bridgehead atoms. The molecule has 1 N–H and O–H groups in total. The molecule has 0 unspecified atom stereocenters. The lowest BCUT2D eigenvalue weighted by atomic mass is 9.44. The first-order chi connectivity index (χ1) is 16.6. The van der Waals surface area contributed by atoms with E-state index >= 15 is 0 Å². The number of esters is 2. The molecule has 35 heavy (non-hydrogen) atoms. The van der Waals surface area contributed by atoms with E-state index in [1.807, 2.05) is 0 Å². The van der Waals surface area contributed by atoms with Gasteiger partial charge in [-0.25, -0.2) is 0 Å². The van der Waals surface area contributed by atoms with Crippen LogP contribution in [0.25, 0.3) is 0 Å². The molecule has 0 amide bonds. The Morgan fingerprint density at radius 2 is 1.60 bits per heavy atom. The highest BCUT2D eigenvalue weighted by molar-refractivity contribution is 5.76. The van der Waals surface area contributed by atoms with E-state index < -0.39 is 5.97 Å². The first-order valence-corrected chi connectivity index (χ1v) is 14.1. The molecule has 0 saturated heterocycles. The molecular formula is C29H46O6. The van der Waals surface area contributed by atoms with Gasteiger partial charge >= 0.3 is 17.9 Å². The Hall–Kier alpha value is -1.59. The van der Waals surface area contributed by atoms with Crippen LogP contribution < -0.4 is 0 Å². The summed E-state index contributed by atoms with van der Waals surface area (Å²) in [4.78, 5) is 34.6. The first-order valence-electron chi connectivity index (χ1n) is 14.1. The van der Waals surface area contributed by atoms with Crippen molar-refractivity contribution in [3.05, 3.63) is 0 Å². The maximum atomic E-state index is 12.1. The average molecular weight is 491 g/mol. The molecule has 4 aliphatic rings. The third-order valence-electron chi connectivity index (χ3n) is 11.3. The van der Waals surface area contributed by atoms with Gasteiger partial charge in [0.15, 0.2) is 0 Å². The lowest BCUT2D eigenvalue weighted by Gasteiger charge is -2.61. The van der Waals surface area contributed by atoms with Crippen LogP contribution in [0.3, 0.4) is 0 Å². The molecule has 4 rings (SSSR count). The zero-order chi connectivity index (χ0) is 25.4. The highest BCUT2D eigenvalue weighted by atomic mass is 16.5. The molecule has 0 radical (unpaired) electrons. The van der Waals surface area contributed by atoms with Crippen LogP contribution in [0.5, 0.6) is 0 Å². The van der Waals surface area contributed by atoms with Crippen LogP contribution in [0.2, 0.25) is 0 Å². The largest absolute Gasteiger partial charge is 0.481 e. The molecule has 6 nitrogen and oxygen atoms in total. The molecular weight excluding hydrogens is 444 g/mol. The maximum absolute atomic E-state index is 12.1.